The Morgan fingerprint density at radius 3 is 1.85 bits per heavy atom. The van der Waals surface area contributed by atoms with Gasteiger partial charge in [-0.2, -0.15) is 0 Å². The van der Waals surface area contributed by atoms with Gasteiger partial charge in [0.05, 0.1) is 12.5 Å². The molecule has 0 saturated carbocycles. The molecule has 3 nitrogen and oxygen atoms in total. The molecule has 0 aliphatic rings. The number of carbonyl (C=O) groups is 2. The SMILES string of the molecule is CCCCCCCCCCCCOC(=O)CC(=O)CCl. The molecule has 0 N–H and O–H groups in total. The summed E-state index contributed by atoms with van der Waals surface area (Å²) in [4.78, 5) is 22.1. The number of Topliss-reactive ketones (excluding diaryl/α,β-unsaturated/α-hetero) is 1. The third kappa shape index (κ3) is 13.9. The average molecular weight is 305 g/mol. The summed E-state index contributed by atoms with van der Waals surface area (Å²) in [5.74, 6) is -0.848. The second-order valence-electron chi connectivity index (χ2n) is 5.25. The first-order chi connectivity index (χ1) is 9.70. The number of ketones is 1. The number of alkyl halides is 1. The lowest BCUT2D eigenvalue weighted by Gasteiger charge is -2.04. The maximum absolute atomic E-state index is 11.2. The summed E-state index contributed by atoms with van der Waals surface area (Å²) in [5.41, 5.74) is 0. The number of hydrogen-bond donors (Lipinski definition) is 0. The van der Waals surface area contributed by atoms with E-state index in [0.717, 1.165) is 12.8 Å². The van der Waals surface area contributed by atoms with Crippen molar-refractivity contribution in [2.24, 2.45) is 0 Å². The number of carbonyl (C=O) groups excluding carboxylic acids is 2. The first-order valence-corrected chi connectivity index (χ1v) is 8.47. The largest absolute Gasteiger partial charge is 0.465 e. The molecule has 0 rings (SSSR count). The van der Waals surface area contributed by atoms with E-state index in [1.807, 2.05) is 0 Å². The molecule has 0 aliphatic heterocycles. The van der Waals surface area contributed by atoms with Gasteiger partial charge in [-0.25, -0.2) is 0 Å². The van der Waals surface area contributed by atoms with E-state index in [-0.39, 0.29) is 18.1 Å². The van der Waals surface area contributed by atoms with E-state index in [4.69, 9.17) is 16.3 Å². The maximum Gasteiger partial charge on any atom is 0.313 e. The van der Waals surface area contributed by atoms with Crippen LogP contribution in [-0.4, -0.2) is 24.2 Å². The van der Waals surface area contributed by atoms with Crippen LogP contribution in [0.1, 0.15) is 77.6 Å². The number of hydrogen-bond acceptors (Lipinski definition) is 3. The van der Waals surface area contributed by atoms with E-state index < -0.39 is 5.97 Å². The Bertz CT molecular complexity index is 254. The van der Waals surface area contributed by atoms with Crippen LogP contribution >= 0.6 is 11.6 Å². The standard InChI is InChI=1S/C16H29ClO3/c1-2-3-4-5-6-7-8-9-10-11-12-20-16(19)13-15(18)14-17/h2-14H2,1H3. The molecule has 0 aromatic heterocycles. The zero-order chi connectivity index (χ0) is 15.1. The van der Waals surface area contributed by atoms with Crippen LogP contribution in [-0.2, 0) is 14.3 Å². The fraction of sp³-hybridized carbons (Fsp3) is 0.875. The molecular formula is C16H29ClO3. The van der Waals surface area contributed by atoms with Gasteiger partial charge >= 0.3 is 5.97 Å². The molecule has 0 saturated heterocycles. The summed E-state index contributed by atoms with van der Waals surface area (Å²) in [6, 6.07) is 0. The molecule has 0 heterocycles. The van der Waals surface area contributed by atoms with E-state index in [9.17, 15) is 9.59 Å². The van der Waals surface area contributed by atoms with Gasteiger partial charge in [0.1, 0.15) is 6.42 Å². The summed E-state index contributed by atoms with van der Waals surface area (Å²) in [6.45, 7) is 2.66. The van der Waals surface area contributed by atoms with Gasteiger partial charge in [0, 0.05) is 0 Å². The number of ether oxygens (including phenoxy) is 1. The zero-order valence-electron chi connectivity index (χ0n) is 12.8. The van der Waals surface area contributed by atoms with Gasteiger partial charge in [0.15, 0.2) is 5.78 Å². The monoisotopic (exact) mass is 304 g/mol. The van der Waals surface area contributed by atoms with E-state index in [0.29, 0.717) is 6.61 Å². The summed E-state index contributed by atoms with van der Waals surface area (Å²) < 4.78 is 4.97. The third-order valence-electron chi connectivity index (χ3n) is 3.25. The van der Waals surface area contributed by atoms with Crippen molar-refractivity contribution >= 4 is 23.4 Å². The van der Waals surface area contributed by atoms with E-state index in [1.165, 1.54) is 51.4 Å². The second-order valence-corrected chi connectivity index (χ2v) is 5.52. The lowest BCUT2D eigenvalue weighted by Crippen LogP contribution is -2.12. The Morgan fingerprint density at radius 1 is 0.850 bits per heavy atom. The highest BCUT2D eigenvalue weighted by molar-refractivity contribution is 6.28. The molecule has 0 aromatic rings. The molecule has 0 amide bonds. The smallest absolute Gasteiger partial charge is 0.313 e. The molecule has 0 fully saturated rings. The van der Waals surface area contributed by atoms with Crippen LogP contribution in [0.15, 0.2) is 0 Å². The van der Waals surface area contributed by atoms with Crippen molar-refractivity contribution < 1.29 is 14.3 Å². The van der Waals surface area contributed by atoms with Crippen molar-refractivity contribution in [3.05, 3.63) is 0 Å². The fourth-order valence-electron chi connectivity index (χ4n) is 2.03. The first kappa shape index (κ1) is 19.4. The van der Waals surface area contributed by atoms with Crippen LogP contribution in [0.3, 0.4) is 0 Å². The molecule has 118 valence electrons. The van der Waals surface area contributed by atoms with Crippen molar-refractivity contribution in [3.63, 3.8) is 0 Å². The van der Waals surface area contributed by atoms with Crippen molar-refractivity contribution in [2.45, 2.75) is 77.6 Å². The van der Waals surface area contributed by atoms with Crippen LogP contribution in [0.5, 0.6) is 0 Å². The van der Waals surface area contributed by atoms with Gasteiger partial charge in [0.2, 0.25) is 0 Å². The van der Waals surface area contributed by atoms with Gasteiger partial charge in [-0.05, 0) is 6.42 Å². The number of halogens is 1. The molecule has 0 spiro atoms. The van der Waals surface area contributed by atoms with Gasteiger partial charge in [-0.3, -0.25) is 9.59 Å². The maximum atomic E-state index is 11.2. The van der Waals surface area contributed by atoms with Gasteiger partial charge in [0.25, 0.3) is 0 Å². The molecule has 4 heteroatoms. The first-order valence-electron chi connectivity index (χ1n) is 7.94. The third-order valence-corrected chi connectivity index (χ3v) is 3.55. The molecule has 0 aliphatic carbocycles. The highest BCUT2D eigenvalue weighted by Crippen LogP contribution is 2.10. The van der Waals surface area contributed by atoms with Crippen molar-refractivity contribution in [1.82, 2.24) is 0 Å². The lowest BCUT2D eigenvalue weighted by molar-refractivity contribution is -0.145. The van der Waals surface area contributed by atoms with Crippen LogP contribution < -0.4 is 0 Å². The quantitative estimate of drug-likeness (QED) is 0.203. The Kier molecular flexibility index (Phi) is 14.4. The van der Waals surface area contributed by atoms with E-state index in [2.05, 4.69) is 6.92 Å². The molecule has 20 heavy (non-hydrogen) atoms. The van der Waals surface area contributed by atoms with Crippen LogP contribution in [0.2, 0.25) is 0 Å². The lowest BCUT2D eigenvalue weighted by atomic mass is 10.1. The van der Waals surface area contributed by atoms with Crippen molar-refractivity contribution in [3.8, 4) is 0 Å². The molecule has 0 bridgehead atoms. The van der Waals surface area contributed by atoms with Crippen molar-refractivity contribution in [2.75, 3.05) is 12.5 Å². The molecule has 0 unspecified atom stereocenters. The highest BCUT2D eigenvalue weighted by atomic mass is 35.5. The summed E-state index contributed by atoms with van der Waals surface area (Å²) >= 11 is 5.31. The zero-order valence-corrected chi connectivity index (χ0v) is 13.6. The molecule has 0 atom stereocenters. The topological polar surface area (TPSA) is 43.4 Å². The van der Waals surface area contributed by atoms with Gasteiger partial charge in [-0.1, -0.05) is 64.7 Å². The predicted molar refractivity (Wildman–Crippen MR) is 83.1 cm³/mol. The molecule has 0 aromatic carbocycles. The molecule has 0 radical (unpaired) electrons. The minimum Gasteiger partial charge on any atom is -0.465 e. The van der Waals surface area contributed by atoms with Crippen molar-refractivity contribution in [1.29, 1.82) is 0 Å². The Morgan fingerprint density at radius 2 is 1.35 bits per heavy atom. The summed E-state index contributed by atoms with van der Waals surface area (Å²) in [7, 11) is 0. The summed E-state index contributed by atoms with van der Waals surface area (Å²) in [6.07, 6.45) is 12.3. The average Bonchev–Trinajstić information content (AvgIpc) is 2.44. The normalized spacial score (nSPS) is 10.5. The Labute approximate surface area is 128 Å². The van der Waals surface area contributed by atoms with Crippen LogP contribution in [0.4, 0.5) is 0 Å². The number of unbranched alkanes of at least 4 members (excludes halogenated alkanes) is 9. The Balaban J connectivity index is 3.16. The number of esters is 1. The van der Waals surface area contributed by atoms with Crippen LogP contribution in [0, 0.1) is 0 Å². The fourth-order valence-corrected chi connectivity index (χ4v) is 2.13. The van der Waals surface area contributed by atoms with E-state index in [1.54, 1.807) is 0 Å². The minimum absolute atomic E-state index is 0.118. The second kappa shape index (κ2) is 14.8. The van der Waals surface area contributed by atoms with Gasteiger partial charge in [-0.15, -0.1) is 11.6 Å². The molecular weight excluding hydrogens is 276 g/mol. The Hall–Kier alpha value is -0.570. The van der Waals surface area contributed by atoms with E-state index >= 15 is 0 Å². The van der Waals surface area contributed by atoms with Crippen LogP contribution in [0.25, 0.3) is 0 Å². The summed E-state index contributed by atoms with van der Waals surface area (Å²) in [5, 5.41) is 0. The minimum atomic E-state index is -0.452. The predicted octanol–water partition coefficient (Wildman–Crippen LogP) is 4.65. The number of rotatable bonds is 14. The highest BCUT2D eigenvalue weighted by Gasteiger charge is 2.08. The van der Waals surface area contributed by atoms with Gasteiger partial charge < -0.3 is 4.74 Å².